The number of rotatable bonds is 3. The van der Waals surface area contributed by atoms with Gasteiger partial charge in [-0.05, 0) is 37.5 Å². The Kier molecular flexibility index (Phi) is 4.41. The number of hydrogen-bond donors (Lipinski definition) is 2. The van der Waals surface area contributed by atoms with Crippen molar-refractivity contribution in [2.24, 2.45) is 5.73 Å². The topological polar surface area (TPSA) is 83.6 Å². The molecule has 0 bridgehead atoms. The number of piperidine rings is 1. The van der Waals surface area contributed by atoms with Crippen LogP contribution >= 0.6 is 11.6 Å². The van der Waals surface area contributed by atoms with Gasteiger partial charge in [-0.1, -0.05) is 17.7 Å². The lowest BCUT2D eigenvalue weighted by Crippen LogP contribution is -2.45. The van der Waals surface area contributed by atoms with Crippen LogP contribution in [0.1, 0.15) is 25.3 Å². The molecule has 1 aromatic rings. The van der Waals surface area contributed by atoms with Crippen LogP contribution in [0.4, 0.5) is 0 Å². The monoisotopic (exact) mass is 318 g/mol. The third kappa shape index (κ3) is 3.15. The van der Waals surface area contributed by atoms with Gasteiger partial charge in [0, 0.05) is 19.6 Å². The highest BCUT2D eigenvalue weighted by molar-refractivity contribution is 7.89. The van der Waals surface area contributed by atoms with Crippen molar-refractivity contribution >= 4 is 21.6 Å². The van der Waals surface area contributed by atoms with Crippen molar-refractivity contribution in [3.05, 3.63) is 28.8 Å². The number of nitrogens with zero attached hydrogens (tertiary/aromatic N) is 1. The molecular formula is C13H19ClN2O3S. The Hall–Kier alpha value is -0.660. The molecule has 1 heterocycles. The van der Waals surface area contributed by atoms with E-state index in [4.69, 9.17) is 17.3 Å². The quantitative estimate of drug-likeness (QED) is 0.880. The lowest BCUT2D eigenvalue weighted by molar-refractivity contribution is 0.0126. The minimum atomic E-state index is -3.62. The molecule has 0 amide bonds. The Balaban J connectivity index is 2.27. The maximum Gasteiger partial charge on any atom is 0.244 e. The highest BCUT2D eigenvalue weighted by atomic mass is 35.5. The molecule has 0 atom stereocenters. The second-order valence-electron chi connectivity index (χ2n) is 5.37. The zero-order valence-electron chi connectivity index (χ0n) is 11.3. The fourth-order valence-corrected chi connectivity index (χ4v) is 4.21. The molecule has 1 aromatic carbocycles. The molecular weight excluding hydrogens is 300 g/mol. The van der Waals surface area contributed by atoms with Gasteiger partial charge in [-0.25, -0.2) is 8.42 Å². The highest BCUT2D eigenvalue weighted by Gasteiger charge is 2.34. The normalized spacial score (nSPS) is 20.0. The number of nitrogens with two attached hydrogens (primary N) is 1. The van der Waals surface area contributed by atoms with E-state index in [0.717, 1.165) is 5.56 Å². The Morgan fingerprint density at radius 3 is 2.50 bits per heavy atom. The summed E-state index contributed by atoms with van der Waals surface area (Å²) in [5.41, 5.74) is 5.50. The second-order valence-corrected chi connectivity index (χ2v) is 7.68. The first-order valence-corrected chi connectivity index (χ1v) is 8.29. The zero-order valence-corrected chi connectivity index (χ0v) is 12.9. The molecule has 0 aromatic heterocycles. The summed E-state index contributed by atoms with van der Waals surface area (Å²) in [6.45, 7) is 2.63. The number of aliphatic hydroxyl groups is 1. The highest BCUT2D eigenvalue weighted by Crippen LogP contribution is 2.30. The SMILES string of the molecule is CC1(O)CCN(S(=O)(=O)c2ccc(CN)cc2Cl)CC1. The van der Waals surface area contributed by atoms with E-state index >= 15 is 0 Å². The molecule has 112 valence electrons. The summed E-state index contributed by atoms with van der Waals surface area (Å²) in [4.78, 5) is 0.0953. The molecule has 0 aliphatic carbocycles. The Morgan fingerprint density at radius 1 is 1.40 bits per heavy atom. The standard InChI is InChI=1S/C13H19ClN2O3S/c1-13(17)4-6-16(7-5-13)20(18,19)12-3-2-10(9-15)8-11(12)14/h2-3,8,17H,4-7,9,15H2,1H3. The van der Waals surface area contributed by atoms with Gasteiger partial charge in [0.1, 0.15) is 4.90 Å². The van der Waals surface area contributed by atoms with Gasteiger partial charge in [0.05, 0.1) is 10.6 Å². The van der Waals surface area contributed by atoms with Crippen molar-refractivity contribution in [3.63, 3.8) is 0 Å². The van der Waals surface area contributed by atoms with Crippen LogP contribution in [0, 0.1) is 0 Å². The fourth-order valence-electron chi connectivity index (χ4n) is 2.23. The van der Waals surface area contributed by atoms with Crippen molar-refractivity contribution in [3.8, 4) is 0 Å². The Morgan fingerprint density at radius 2 is 2.00 bits per heavy atom. The van der Waals surface area contributed by atoms with Crippen molar-refractivity contribution in [1.82, 2.24) is 4.31 Å². The van der Waals surface area contributed by atoms with E-state index in [-0.39, 0.29) is 9.92 Å². The van der Waals surface area contributed by atoms with Gasteiger partial charge in [0.25, 0.3) is 0 Å². The average molecular weight is 319 g/mol. The van der Waals surface area contributed by atoms with E-state index in [0.29, 0.717) is 32.5 Å². The third-order valence-corrected chi connectivity index (χ3v) is 6.03. The van der Waals surface area contributed by atoms with E-state index < -0.39 is 15.6 Å². The van der Waals surface area contributed by atoms with Crippen LogP contribution < -0.4 is 5.73 Å². The zero-order chi connectivity index (χ0) is 15.0. The average Bonchev–Trinajstić information content (AvgIpc) is 2.37. The number of benzene rings is 1. The van der Waals surface area contributed by atoms with E-state index in [2.05, 4.69) is 0 Å². The minimum Gasteiger partial charge on any atom is -0.390 e. The maximum atomic E-state index is 12.5. The summed E-state index contributed by atoms with van der Waals surface area (Å²) in [7, 11) is -3.62. The fraction of sp³-hybridized carbons (Fsp3) is 0.538. The van der Waals surface area contributed by atoms with Gasteiger partial charge in [-0.2, -0.15) is 4.31 Å². The largest absolute Gasteiger partial charge is 0.390 e. The van der Waals surface area contributed by atoms with Crippen molar-refractivity contribution in [2.45, 2.75) is 36.8 Å². The molecule has 20 heavy (non-hydrogen) atoms. The Bertz CT molecular complexity index is 592. The molecule has 1 aliphatic heterocycles. The van der Waals surface area contributed by atoms with Crippen LogP contribution in [0.15, 0.2) is 23.1 Å². The van der Waals surface area contributed by atoms with Crippen LogP contribution in [0.25, 0.3) is 0 Å². The molecule has 1 aliphatic rings. The van der Waals surface area contributed by atoms with Gasteiger partial charge in [-0.15, -0.1) is 0 Å². The van der Waals surface area contributed by atoms with E-state index in [1.54, 1.807) is 19.1 Å². The van der Waals surface area contributed by atoms with E-state index in [1.807, 2.05) is 0 Å². The predicted octanol–water partition coefficient (Wildman–Crippen LogP) is 1.33. The summed E-state index contributed by atoms with van der Waals surface area (Å²) >= 11 is 6.06. The molecule has 0 unspecified atom stereocenters. The molecule has 7 heteroatoms. The van der Waals surface area contributed by atoms with Crippen LogP contribution in [-0.4, -0.2) is 36.5 Å². The number of halogens is 1. The second kappa shape index (κ2) is 5.61. The van der Waals surface area contributed by atoms with Crippen LogP contribution in [0.2, 0.25) is 5.02 Å². The summed E-state index contributed by atoms with van der Waals surface area (Å²) < 4.78 is 26.5. The van der Waals surface area contributed by atoms with Gasteiger partial charge in [-0.3, -0.25) is 0 Å². The summed E-state index contributed by atoms with van der Waals surface area (Å²) in [6, 6.07) is 4.74. The molecule has 0 radical (unpaired) electrons. The van der Waals surface area contributed by atoms with Crippen molar-refractivity contribution in [2.75, 3.05) is 13.1 Å². The van der Waals surface area contributed by atoms with Crippen LogP contribution in [0.3, 0.4) is 0 Å². The predicted molar refractivity (Wildman–Crippen MR) is 78.0 cm³/mol. The molecule has 2 rings (SSSR count). The molecule has 5 nitrogen and oxygen atoms in total. The number of hydrogen-bond acceptors (Lipinski definition) is 4. The smallest absolute Gasteiger partial charge is 0.244 e. The first kappa shape index (κ1) is 15.7. The minimum absolute atomic E-state index is 0.0953. The summed E-state index contributed by atoms with van der Waals surface area (Å²) in [5, 5.41) is 10.1. The molecule has 0 spiro atoms. The van der Waals surface area contributed by atoms with Gasteiger partial charge < -0.3 is 10.8 Å². The van der Waals surface area contributed by atoms with Crippen LogP contribution in [-0.2, 0) is 16.6 Å². The first-order chi connectivity index (χ1) is 9.26. The van der Waals surface area contributed by atoms with E-state index in [9.17, 15) is 13.5 Å². The van der Waals surface area contributed by atoms with Crippen LogP contribution in [0.5, 0.6) is 0 Å². The van der Waals surface area contributed by atoms with Gasteiger partial charge in [0.15, 0.2) is 0 Å². The molecule has 1 saturated heterocycles. The Labute approximate surface area is 124 Å². The van der Waals surface area contributed by atoms with Crippen molar-refractivity contribution in [1.29, 1.82) is 0 Å². The maximum absolute atomic E-state index is 12.5. The molecule has 0 saturated carbocycles. The summed E-state index contributed by atoms with van der Waals surface area (Å²) in [5.74, 6) is 0. The number of sulfonamides is 1. The van der Waals surface area contributed by atoms with E-state index in [1.165, 1.54) is 10.4 Å². The van der Waals surface area contributed by atoms with Crippen molar-refractivity contribution < 1.29 is 13.5 Å². The molecule has 3 N–H and O–H groups in total. The van der Waals surface area contributed by atoms with Gasteiger partial charge in [0.2, 0.25) is 10.0 Å². The van der Waals surface area contributed by atoms with Gasteiger partial charge >= 0.3 is 0 Å². The molecule has 1 fully saturated rings. The lowest BCUT2D eigenvalue weighted by atomic mass is 9.95. The summed E-state index contributed by atoms with van der Waals surface area (Å²) in [6.07, 6.45) is 0.843. The first-order valence-electron chi connectivity index (χ1n) is 6.47. The third-order valence-electron chi connectivity index (χ3n) is 3.65. The lowest BCUT2D eigenvalue weighted by Gasteiger charge is -2.35.